The Kier molecular flexibility index (Phi) is 6.04. The predicted molar refractivity (Wildman–Crippen MR) is 109 cm³/mol. The van der Waals surface area contributed by atoms with E-state index in [1.54, 1.807) is 37.5 Å². The number of anilines is 1. The van der Waals surface area contributed by atoms with Crippen LogP contribution in [0, 0.1) is 0 Å². The van der Waals surface area contributed by atoms with Gasteiger partial charge in [0.05, 0.1) is 31.9 Å². The zero-order chi connectivity index (χ0) is 20.1. The Labute approximate surface area is 165 Å². The lowest BCUT2D eigenvalue weighted by Gasteiger charge is -2.28. The molecule has 3 rings (SSSR count). The van der Waals surface area contributed by atoms with Gasteiger partial charge in [0.2, 0.25) is 5.91 Å². The fraction of sp³-hybridized carbons (Fsp3) is 0.286. The van der Waals surface area contributed by atoms with E-state index in [0.717, 1.165) is 11.3 Å². The van der Waals surface area contributed by atoms with Crippen LogP contribution >= 0.6 is 0 Å². The lowest BCUT2D eigenvalue weighted by molar-refractivity contribution is -0.118. The molecular weight excluding hydrogens is 378 g/mol. The largest absolute Gasteiger partial charge is 0.497 e. The van der Waals surface area contributed by atoms with Crippen LogP contribution in [0.5, 0.6) is 11.5 Å². The molecule has 6 nitrogen and oxygen atoms in total. The molecule has 0 saturated heterocycles. The molecule has 1 atom stereocenters. The highest BCUT2D eigenvalue weighted by atomic mass is 32.2. The molecule has 2 aromatic carbocycles. The van der Waals surface area contributed by atoms with Crippen LogP contribution in [0.3, 0.4) is 0 Å². The van der Waals surface area contributed by atoms with Crippen LogP contribution in [0.2, 0.25) is 0 Å². The van der Waals surface area contributed by atoms with E-state index in [4.69, 9.17) is 9.47 Å². The Morgan fingerprint density at radius 3 is 2.25 bits per heavy atom. The number of benzene rings is 2. The lowest BCUT2D eigenvalue weighted by Crippen LogP contribution is -2.42. The molecule has 2 aromatic rings. The number of rotatable bonds is 7. The molecule has 0 aromatic heterocycles. The van der Waals surface area contributed by atoms with E-state index in [1.165, 1.54) is 10.3 Å². The number of hydrogen-bond donors (Lipinski definition) is 0. The fourth-order valence-electron chi connectivity index (χ4n) is 3.11. The number of ether oxygens (including phenoxy) is 2. The zero-order valence-corrected chi connectivity index (χ0v) is 16.7. The molecule has 1 amide bonds. The first-order valence-corrected chi connectivity index (χ1v) is 10.7. The van der Waals surface area contributed by atoms with Gasteiger partial charge in [-0.1, -0.05) is 12.1 Å². The van der Waals surface area contributed by atoms with Gasteiger partial charge >= 0.3 is 0 Å². The maximum absolute atomic E-state index is 13.1. The summed E-state index contributed by atoms with van der Waals surface area (Å²) in [5.41, 5.74) is 1.46. The number of amides is 1. The molecule has 1 aliphatic heterocycles. The van der Waals surface area contributed by atoms with Gasteiger partial charge in [0.25, 0.3) is 0 Å². The van der Waals surface area contributed by atoms with E-state index in [2.05, 4.69) is 0 Å². The Morgan fingerprint density at radius 2 is 1.71 bits per heavy atom. The zero-order valence-electron chi connectivity index (χ0n) is 15.9. The van der Waals surface area contributed by atoms with Crippen LogP contribution in [-0.2, 0) is 21.1 Å². The minimum absolute atomic E-state index is 0.117. The maximum atomic E-state index is 13.1. The maximum Gasteiger partial charge on any atom is 0.231 e. The van der Waals surface area contributed by atoms with Gasteiger partial charge in [0.15, 0.2) is 9.84 Å². The molecule has 0 bridgehead atoms. The third-order valence-electron chi connectivity index (χ3n) is 4.45. The van der Waals surface area contributed by atoms with Gasteiger partial charge in [-0.3, -0.25) is 4.79 Å². The standard InChI is InChI=1S/C21H23NO5S/c1-3-27-20-8-4-16(5-9-20)14-21(23)22(18-12-13-28(24,25)15-18)17-6-10-19(26-2)11-7-17/h4-13,18H,3,14-15H2,1-2H3/t18-/m1/s1. The lowest BCUT2D eigenvalue weighted by atomic mass is 10.1. The quantitative estimate of drug-likeness (QED) is 0.713. The van der Waals surface area contributed by atoms with E-state index in [0.29, 0.717) is 18.0 Å². The highest BCUT2D eigenvalue weighted by Gasteiger charge is 2.31. The number of sulfone groups is 1. The minimum atomic E-state index is -3.30. The Morgan fingerprint density at radius 1 is 1.07 bits per heavy atom. The third kappa shape index (κ3) is 4.72. The SMILES string of the molecule is CCOc1ccc(CC(=O)N(c2ccc(OC)cc2)[C@@H]2C=CS(=O)(=O)C2)cc1. The van der Waals surface area contributed by atoms with Crippen LogP contribution in [0.4, 0.5) is 5.69 Å². The van der Waals surface area contributed by atoms with Crippen molar-refractivity contribution in [3.05, 3.63) is 65.6 Å². The fourth-order valence-corrected chi connectivity index (χ4v) is 4.38. The summed E-state index contributed by atoms with van der Waals surface area (Å²) in [7, 11) is -1.73. The molecule has 1 aliphatic rings. The third-order valence-corrected chi connectivity index (χ3v) is 5.83. The Hall–Kier alpha value is -2.80. The smallest absolute Gasteiger partial charge is 0.231 e. The second-order valence-electron chi connectivity index (χ2n) is 6.44. The van der Waals surface area contributed by atoms with E-state index in [9.17, 15) is 13.2 Å². The van der Waals surface area contributed by atoms with Gasteiger partial charge in [-0.2, -0.15) is 0 Å². The first kappa shape index (κ1) is 19.9. The van der Waals surface area contributed by atoms with Crippen molar-refractivity contribution in [3.8, 4) is 11.5 Å². The van der Waals surface area contributed by atoms with Crippen LogP contribution in [0.25, 0.3) is 0 Å². The normalized spacial score (nSPS) is 17.3. The van der Waals surface area contributed by atoms with E-state index in [-0.39, 0.29) is 18.1 Å². The summed E-state index contributed by atoms with van der Waals surface area (Å²) >= 11 is 0. The molecule has 0 fully saturated rings. The summed E-state index contributed by atoms with van der Waals surface area (Å²) in [6, 6.07) is 13.8. The molecular formula is C21H23NO5S. The van der Waals surface area contributed by atoms with E-state index in [1.807, 2.05) is 31.2 Å². The molecule has 0 spiro atoms. The second kappa shape index (κ2) is 8.48. The van der Waals surface area contributed by atoms with Crippen LogP contribution in [0.1, 0.15) is 12.5 Å². The van der Waals surface area contributed by atoms with Gasteiger partial charge in [0.1, 0.15) is 11.5 Å². The number of nitrogens with zero attached hydrogens (tertiary/aromatic N) is 1. The van der Waals surface area contributed by atoms with Crippen molar-refractivity contribution >= 4 is 21.4 Å². The molecule has 0 aliphatic carbocycles. The highest BCUT2D eigenvalue weighted by molar-refractivity contribution is 7.94. The minimum Gasteiger partial charge on any atom is -0.497 e. The average molecular weight is 401 g/mol. The van der Waals surface area contributed by atoms with Crippen LogP contribution < -0.4 is 14.4 Å². The van der Waals surface area contributed by atoms with E-state index >= 15 is 0 Å². The van der Waals surface area contributed by atoms with Crippen molar-refractivity contribution in [1.29, 1.82) is 0 Å². The molecule has 28 heavy (non-hydrogen) atoms. The molecule has 7 heteroatoms. The van der Waals surface area contributed by atoms with Crippen molar-refractivity contribution in [2.45, 2.75) is 19.4 Å². The van der Waals surface area contributed by atoms with Gasteiger partial charge in [-0.15, -0.1) is 0 Å². The highest BCUT2D eigenvalue weighted by Crippen LogP contribution is 2.26. The second-order valence-corrected chi connectivity index (χ2v) is 8.37. The number of carbonyl (C=O) groups excluding carboxylic acids is 1. The van der Waals surface area contributed by atoms with Crippen LogP contribution in [-0.4, -0.2) is 39.8 Å². The number of carbonyl (C=O) groups is 1. The van der Waals surface area contributed by atoms with Crippen molar-refractivity contribution < 1.29 is 22.7 Å². The Bertz CT molecular complexity index is 949. The van der Waals surface area contributed by atoms with Gasteiger partial charge in [-0.05, 0) is 55.0 Å². The molecule has 1 heterocycles. The topological polar surface area (TPSA) is 72.9 Å². The molecule has 0 radical (unpaired) electrons. The van der Waals surface area contributed by atoms with Gasteiger partial charge < -0.3 is 14.4 Å². The first-order chi connectivity index (χ1) is 13.4. The number of methoxy groups -OCH3 is 1. The van der Waals surface area contributed by atoms with E-state index < -0.39 is 15.9 Å². The molecule has 0 N–H and O–H groups in total. The Balaban J connectivity index is 1.85. The van der Waals surface area contributed by atoms with Crippen molar-refractivity contribution in [3.63, 3.8) is 0 Å². The predicted octanol–water partition coefficient (Wildman–Crippen LogP) is 2.98. The molecule has 0 unspecified atom stereocenters. The van der Waals surface area contributed by atoms with Gasteiger partial charge in [-0.25, -0.2) is 8.42 Å². The summed E-state index contributed by atoms with van der Waals surface area (Å²) in [4.78, 5) is 14.6. The van der Waals surface area contributed by atoms with Crippen molar-refractivity contribution in [1.82, 2.24) is 0 Å². The summed E-state index contributed by atoms with van der Waals surface area (Å²) in [6.07, 6.45) is 1.72. The summed E-state index contributed by atoms with van der Waals surface area (Å²) < 4.78 is 34.4. The van der Waals surface area contributed by atoms with Crippen LogP contribution in [0.15, 0.2) is 60.0 Å². The summed E-state index contributed by atoms with van der Waals surface area (Å²) in [5, 5.41) is 1.18. The molecule has 148 valence electrons. The average Bonchev–Trinajstić information content (AvgIpc) is 3.03. The monoisotopic (exact) mass is 401 g/mol. The summed E-state index contributed by atoms with van der Waals surface area (Å²) in [6.45, 7) is 2.49. The number of hydrogen-bond acceptors (Lipinski definition) is 5. The van der Waals surface area contributed by atoms with Crippen molar-refractivity contribution in [2.24, 2.45) is 0 Å². The summed E-state index contributed by atoms with van der Waals surface area (Å²) in [5.74, 6) is 1.11. The van der Waals surface area contributed by atoms with Gasteiger partial charge in [0, 0.05) is 11.1 Å². The van der Waals surface area contributed by atoms with Crippen molar-refractivity contribution in [2.75, 3.05) is 24.4 Å². The first-order valence-electron chi connectivity index (χ1n) is 9.00. The molecule has 0 saturated carbocycles.